The standard InChI is InChI=1S/C17H16ClN5O2S2/c1-9-14(12(24)7-19-9)15-21-17(20-6-11-2-3-13(18)27-11)23(22-15)16(25)10-4-5-26-8-10/h2-5,8-9,14,19H,6-7H2,1H3,(H,20,21,22). The van der Waals surface area contributed by atoms with Gasteiger partial charge in [0.05, 0.1) is 28.9 Å². The average Bonchev–Trinajstić information content (AvgIpc) is 3.41. The smallest absolute Gasteiger partial charge is 0.282 e. The van der Waals surface area contributed by atoms with Crippen LogP contribution in [0.1, 0.15) is 33.9 Å². The minimum Gasteiger partial charge on any atom is -0.349 e. The first-order valence-corrected chi connectivity index (χ1v) is 10.4. The molecule has 1 saturated heterocycles. The molecule has 3 aromatic rings. The Morgan fingerprint density at radius 1 is 1.44 bits per heavy atom. The fourth-order valence-electron chi connectivity index (χ4n) is 2.97. The van der Waals surface area contributed by atoms with Gasteiger partial charge in [-0.15, -0.1) is 16.4 Å². The number of aromatic nitrogens is 3. The predicted octanol–water partition coefficient (Wildman–Crippen LogP) is 3.00. The van der Waals surface area contributed by atoms with Gasteiger partial charge in [0.2, 0.25) is 5.95 Å². The lowest BCUT2D eigenvalue weighted by Gasteiger charge is -2.08. The van der Waals surface area contributed by atoms with E-state index >= 15 is 0 Å². The number of nitrogens with zero attached hydrogens (tertiary/aromatic N) is 3. The molecule has 7 nitrogen and oxygen atoms in total. The van der Waals surface area contributed by atoms with Crippen LogP contribution in [0.15, 0.2) is 29.0 Å². The van der Waals surface area contributed by atoms with Crippen LogP contribution in [-0.4, -0.2) is 39.0 Å². The molecule has 0 amide bonds. The second kappa shape index (κ2) is 7.51. The number of nitrogens with one attached hydrogen (secondary N) is 2. The maximum absolute atomic E-state index is 12.8. The summed E-state index contributed by atoms with van der Waals surface area (Å²) in [5.74, 6) is -0.0457. The second-order valence-corrected chi connectivity index (χ2v) is 8.78. The topological polar surface area (TPSA) is 88.9 Å². The number of Topliss-reactive ketones (excluding diaryl/α,β-unsaturated/α-hetero) is 1. The van der Waals surface area contributed by atoms with E-state index in [1.165, 1.54) is 27.4 Å². The van der Waals surface area contributed by atoms with E-state index in [9.17, 15) is 9.59 Å². The van der Waals surface area contributed by atoms with Crippen LogP contribution >= 0.6 is 34.3 Å². The number of hydrogen-bond donors (Lipinski definition) is 2. The molecule has 0 radical (unpaired) electrons. The van der Waals surface area contributed by atoms with Crippen LogP contribution in [-0.2, 0) is 11.3 Å². The molecule has 4 heterocycles. The Morgan fingerprint density at radius 2 is 2.30 bits per heavy atom. The Balaban J connectivity index is 1.66. The van der Waals surface area contributed by atoms with Gasteiger partial charge in [0.15, 0.2) is 11.6 Å². The molecule has 0 aromatic carbocycles. The number of rotatable bonds is 5. The SMILES string of the molecule is CC1NCC(=O)C1c1nc(NCc2ccc(Cl)s2)n(C(=O)c2ccsc2)n1. The summed E-state index contributed by atoms with van der Waals surface area (Å²) in [5, 5.41) is 14.2. The molecule has 0 saturated carbocycles. The molecule has 10 heteroatoms. The van der Waals surface area contributed by atoms with Crippen molar-refractivity contribution in [1.82, 2.24) is 20.1 Å². The van der Waals surface area contributed by atoms with Crippen molar-refractivity contribution in [2.45, 2.75) is 25.4 Å². The molecule has 4 rings (SSSR count). The van der Waals surface area contributed by atoms with Gasteiger partial charge in [0.25, 0.3) is 5.91 Å². The number of thiophene rings is 2. The molecule has 0 aliphatic carbocycles. The van der Waals surface area contributed by atoms with E-state index in [0.29, 0.717) is 28.2 Å². The van der Waals surface area contributed by atoms with E-state index in [1.807, 2.05) is 24.4 Å². The van der Waals surface area contributed by atoms with Crippen molar-refractivity contribution in [3.63, 3.8) is 0 Å². The summed E-state index contributed by atoms with van der Waals surface area (Å²) in [4.78, 5) is 30.5. The van der Waals surface area contributed by atoms with Gasteiger partial charge in [-0.05, 0) is 30.5 Å². The van der Waals surface area contributed by atoms with E-state index in [2.05, 4.69) is 20.7 Å². The normalized spacial score (nSPS) is 19.6. The number of carbonyl (C=O) groups is 2. The summed E-state index contributed by atoms with van der Waals surface area (Å²) in [5.41, 5.74) is 0.530. The fourth-order valence-corrected chi connectivity index (χ4v) is 4.63. The number of hydrogen-bond acceptors (Lipinski definition) is 8. The molecule has 1 fully saturated rings. The lowest BCUT2D eigenvalue weighted by Crippen LogP contribution is -2.23. The van der Waals surface area contributed by atoms with Crippen LogP contribution in [0, 0.1) is 0 Å². The quantitative estimate of drug-likeness (QED) is 0.658. The van der Waals surface area contributed by atoms with Crippen LogP contribution < -0.4 is 10.6 Å². The second-order valence-electron chi connectivity index (χ2n) is 6.20. The zero-order chi connectivity index (χ0) is 19.0. The highest BCUT2D eigenvalue weighted by molar-refractivity contribution is 7.16. The molecule has 2 unspecified atom stereocenters. The van der Waals surface area contributed by atoms with Crippen LogP contribution in [0.4, 0.5) is 5.95 Å². The maximum atomic E-state index is 12.8. The first-order chi connectivity index (χ1) is 13.0. The molecule has 140 valence electrons. The Labute approximate surface area is 168 Å². The lowest BCUT2D eigenvalue weighted by atomic mass is 10.0. The van der Waals surface area contributed by atoms with Crippen LogP contribution in [0.25, 0.3) is 0 Å². The number of anilines is 1. The average molecular weight is 422 g/mol. The first-order valence-electron chi connectivity index (χ1n) is 8.31. The van der Waals surface area contributed by atoms with Gasteiger partial charge in [-0.2, -0.15) is 21.0 Å². The number of halogens is 1. The van der Waals surface area contributed by atoms with Gasteiger partial charge in [-0.25, -0.2) is 0 Å². The van der Waals surface area contributed by atoms with Gasteiger partial charge in [-0.3, -0.25) is 9.59 Å². The molecule has 3 aromatic heterocycles. The minimum absolute atomic E-state index is 0.0271. The molecule has 0 bridgehead atoms. The van der Waals surface area contributed by atoms with E-state index in [4.69, 9.17) is 11.6 Å². The summed E-state index contributed by atoms with van der Waals surface area (Å²) in [6, 6.07) is 5.39. The summed E-state index contributed by atoms with van der Waals surface area (Å²) in [7, 11) is 0. The van der Waals surface area contributed by atoms with Crippen LogP contribution in [0.3, 0.4) is 0 Å². The van der Waals surface area contributed by atoms with Gasteiger partial charge >= 0.3 is 0 Å². The van der Waals surface area contributed by atoms with Crippen molar-refractivity contribution in [2.75, 3.05) is 11.9 Å². The molecule has 27 heavy (non-hydrogen) atoms. The number of carbonyl (C=O) groups excluding carboxylic acids is 2. The highest BCUT2D eigenvalue weighted by Crippen LogP contribution is 2.26. The highest BCUT2D eigenvalue weighted by Gasteiger charge is 2.36. The van der Waals surface area contributed by atoms with E-state index in [0.717, 1.165) is 4.88 Å². The van der Waals surface area contributed by atoms with Crippen molar-refractivity contribution in [3.8, 4) is 0 Å². The first kappa shape index (κ1) is 18.3. The number of ketones is 1. The van der Waals surface area contributed by atoms with Gasteiger partial charge in [-0.1, -0.05) is 11.6 Å². The molecule has 2 atom stereocenters. The predicted molar refractivity (Wildman–Crippen MR) is 106 cm³/mol. The Kier molecular flexibility index (Phi) is 5.09. The maximum Gasteiger partial charge on any atom is 0.282 e. The van der Waals surface area contributed by atoms with Crippen molar-refractivity contribution < 1.29 is 9.59 Å². The van der Waals surface area contributed by atoms with E-state index in [-0.39, 0.29) is 24.3 Å². The molecular weight excluding hydrogens is 406 g/mol. The third kappa shape index (κ3) is 3.68. The largest absolute Gasteiger partial charge is 0.349 e. The third-order valence-corrected chi connectivity index (χ3v) is 6.27. The third-order valence-electron chi connectivity index (χ3n) is 4.36. The van der Waals surface area contributed by atoms with Crippen LogP contribution in [0.2, 0.25) is 4.34 Å². The van der Waals surface area contributed by atoms with Gasteiger partial charge < -0.3 is 10.6 Å². The zero-order valence-electron chi connectivity index (χ0n) is 14.3. The zero-order valence-corrected chi connectivity index (χ0v) is 16.7. The minimum atomic E-state index is -0.460. The van der Waals surface area contributed by atoms with Crippen LogP contribution in [0.5, 0.6) is 0 Å². The Bertz CT molecular complexity index is 982. The molecular formula is C17H16ClN5O2S2. The Hall–Kier alpha value is -2.07. The molecule has 1 aliphatic rings. The van der Waals surface area contributed by atoms with Crippen molar-refractivity contribution >= 4 is 51.9 Å². The highest BCUT2D eigenvalue weighted by atomic mass is 35.5. The fraction of sp³-hybridized carbons (Fsp3) is 0.294. The van der Waals surface area contributed by atoms with Crippen molar-refractivity contribution in [3.05, 3.63) is 49.6 Å². The molecule has 0 spiro atoms. The summed E-state index contributed by atoms with van der Waals surface area (Å²) >= 11 is 8.86. The monoisotopic (exact) mass is 421 g/mol. The molecule has 2 N–H and O–H groups in total. The van der Waals surface area contributed by atoms with Gasteiger partial charge in [0, 0.05) is 16.3 Å². The Morgan fingerprint density at radius 3 is 2.93 bits per heavy atom. The lowest BCUT2D eigenvalue weighted by molar-refractivity contribution is -0.117. The van der Waals surface area contributed by atoms with E-state index in [1.54, 1.807) is 11.4 Å². The van der Waals surface area contributed by atoms with Crippen molar-refractivity contribution in [2.24, 2.45) is 0 Å². The summed E-state index contributed by atoms with van der Waals surface area (Å²) in [6.45, 7) is 2.66. The molecule has 1 aliphatic heterocycles. The van der Waals surface area contributed by atoms with E-state index < -0.39 is 5.92 Å². The van der Waals surface area contributed by atoms with Crippen molar-refractivity contribution in [1.29, 1.82) is 0 Å². The summed E-state index contributed by atoms with van der Waals surface area (Å²) in [6.07, 6.45) is 0. The summed E-state index contributed by atoms with van der Waals surface area (Å²) < 4.78 is 1.94. The van der Waals surface area contributed by atoms with Gasteiger partial charge in [0.1, 0.15) is 0 Å².